The number of hydrogen-bond acceptors (Lipinski definition) is 4. The molecule has 1 unspecified atom stereocenters. The smallest absolute Gasteiger partial charge is 0.323 e. The Balaban J connectivity index is 1.41. The molecule has 1 aliphatic rings. The van der Waals surface area contributed by atoms with Crippen LogP contribution in [0.15, 0.2) is 73.1 Å². The number of pyridine rings is 1. The molecule has 3 heterocycles. The maximum Gasteiger partial charge on any atom is 0.416 e. The average Bonchev–Trinajstić information content (AvgIpc) is 3.22. The molecule has 0 spiro atoms. The molecule has 1 N–H and O–H groups in total. The lowest BCUT2D eigenvalue weighted by Crippen LogP contribution is -2.21. The van der Waals surface area contributed by atoms with Gasteiger partial charge in [0.2, 0.25) is 5.95 Å². The Morgan fingerprint density at radius 2 is 1.75 bits per heavy atom. The van der Waals surface area contributed by atoms with Crippen molar-refractivity contribution in [3.63, 3.8) is 0 Å². The van der Waals surface area contributed by atoms with Gasteiger partial charge >= 0.3 is 6.18 Å². The summed E-state index contributed by atoms with van der Waals surface area (Å²) in [7, 11) is 0. The molecule has 32 heavy (non-hydrogen) atoms. The second-order valence-corrected chi connectivity index (χ2v) is 7.74. The summed E-state index contributed by atoms with van der Waals surface area (Å²) >= 11 is 0. The number of benzene rings is 2. The van der Waals surface area contributed by atoms with E-state index in [1.165, 1.54) is 6.07 Å². The first-order chi connectivity index (χ1) is 15.5. The fraction of sp³-hybridized carbons (Fsp3) is 0.208. The zero-order chi connectivity index (χ0) is 22.1. The summed E-state index contributed by atoms with van der Waals surface area (Å²) in [6.07, 6.45) is 0.464. The van der Waals surface area contributed by atoms with Crippen molar-refractivity contribution in [2.75, 3.05) is 5.32 Å². The summed E-state index contributed by atoms with van der Waals surface area (Å²) in [5.41, 5.74) is 2.49. The van der Waals surface area contributed by atoms with Crippen LogP contribution in [0, 0.1) is 0 Å². The number of anilines is 2. The molecule has 0 saturated heterocycles. The Bertz CT molecular complexity index is 1220. The molecular weight excluding hydrogens is 415 g/mol. The summed E-state index contributed by atoms with van der Waals surface area (Å²) in [5.74, 6) is 0.491. The molecule has 0 saturated carbocycles. The van der Waals surface area contributed by atoms with E-state index >= 15 is 0 Å². The number of rotatable bonds is 4. The Morgan fingerprint density at radius 3 is 2.50 bits per heavy atom. The number of aromatic nitrogens is 4. The van der Waals surface area contributed by atoms with Crippen LogP contribution in [0.3, 0.4) is 0 Å². The Labute approximate surface area is 183 Å². The van der Waals surface area contributed by atoms with Crippen LogP contribution in [0.25, 0.3) is 11.1 Å². The predicted molar refractivity (Wildman–Crippen MR) is 115 cm³/mol. The highest BCUT2D eigenvalue weighted by atomic mass is 19.4. The van der Waals surface area contributed by atoms with E-state index < -0.39 is 17.7 Å². The largest absolute Gasteiger partial charge is 0.416 e. The van der Waals surface area contributed by atoms with E-state index in [1.54, 1.807) is 29.2 Å². The SMILES string of the molecule is FC(F)(F)c1ccccc1C1CCCn2nc(Nc3ccc(-c4cccnc4)cc3)nc21. The highest BCUT2D eigenvalue weighted by Gasteiger charge is 2.37. The summed E-state index contributed by atoms with van der Waals surface area (Å²) in [6.45, 7) is 0.634. The summed E-state index contributed by atoms with van der Waals surface area (Å²) in [6, 6.07) is 17.4. The Morgan fingerprint density at radius 1 is 0.938 bits per heavy atom. The number of nitrogens with one attached hydrogen (secondary N) is 1. The second-order valence-electron chi connectivity index (χ2n) is 7.74. The van der Waals surface area contributed by atoms with Crippen LogP contribution in [0.1, 0.15) is 35.7 Å². The van der Waals surface area contributed by atoms with Gasteiger partial charge in [-0.2, -0.15) is 18.2 Å². The van der Waals surface area contributed by atoms with Gasteiger partial charge in [-0.05, 0) is 53.8 Å². The molecular formula is C24H20F3N5. The van der Waals surface area contributed by atoms with E-state index in [2.05, 4.69) is 20.4 Å². The lowest BCUT2D eigenvalue weighted by molar-refractivity contribution is -0.138. The van der Waals surface area contributed by atoms with E-state index in [-0.39, 0.29) is 5.56 Å². The minimum Gasteiger partial charge on any atom is -0.323 e. The molecule has 0 radical (unpaired) electrons. The molecule has 4 aromatic rings. The Hall–Kier alpha value is -3.68. The van der Waals surface area contributed by atoms with Gasteiger partial charge in [-0.1, -0.05) is 36.4 Å². The number of halogens is 3. The van der Waals surface area contributed by atoms with E-state index in [4.69, 9.17) is 0 Å². The fourth-order valence-electron chi connectivity index (χ4n) is 4.17. The van der Waals surface area contributed by atoms with Crippen molar-refractivity contribution >= 4 is 11.6 Å². The number of hydrogen-bond donors (Lipinski definition) is 1. The van der Waals surface area contributed by atoms with Gasteiger partial charge in [-0.25, -0.2) is 4.68 Å². The highest BCUT2D eigenvalue weighted by Crippen LogP contribution is 2.40. The third-order valence-corrected chi connectivity index (χ3v) is 5.65. The minimum absolute atomic E-state index is 0.251. The highest BCUT2D eigenvalue weighted by molar-refractivity contribution is 5.66. The van der Waals surface area contributed by atoms with Crippen molar-refractivity contribution in [2.24, 2.45) is 0 Å². The number of fused-ring (bicyclic) bond motifs is 1. The molecule has 0 bridgehead atoms. The van der Waals surface area contributed by atoms with Gasteiger partial charge in [-0.3, -0.25) is 4.98 Å². The number of aryl methyl sites for hydroxylation is 1. The normalized spacial score (nSPS) is 15.9. The second kappa shape index (κ2) is 8.11. The summed E-state index contributed by atoms with van der Waals surface area (Å²) in [4.78, 5) is 8.70. The lowest BCUT2D eigenvalue weighted by atomic mass is 9.88. The summed E-state index contributed by atoms with van der Waals surface area (Å²) < 4.78 is 42.4. The number of alkyl halides is 3. The molecule has 2 aromatic heterocycles. The number of nitrogens with zero attached hydrogens (tertiary/aromatic N) is 4. The van der Waals surface area contributed by atoms with Gasteiger partial charge in [0.1, 0.15) is 5.82 Å². The fourth-order valence-corrected chi connectivity index (χ4v) is 4.17. The van der Waals surface area contributed by atoms with E-state index in [0.29, 0.717) is 24.7 Å². The average molecular weight is 435 g/mol. The molecule has 0 amide bonds. The molecule has 1 aliphatic heterocycles. The van der Waals surface area contributed by atoms with Crippen LogP contribution in [0.2, 0.25) is 0 Å². The Kier molecular flexibility index (Phi) is 5.13. The molecule has 5 nitrogen and oxygen atoms in total. The van der Waals surface area contributed by atoms with Gasteiger partial charge in [0, 0.05) is 30.5 Å². The van der Waals surface area contributed by atoms with Gasteiger partial charge < -0.3 is 5.32 Å². The third kappa shape index (κ3) is 3.95. The quantitative estimate of drug-likeness (QED) is 0.425. The summed E-state index contributed by atoms with van der Waals surface area (Å²) in [5, 5.41) is 7.67. The third-order valence-electron chi connectivity index (χ3n) is 5.65. The van der Waals surface area contributed by atoms with Crippen LogP contribution in [-0.4, -0.2) is 19.7 Å². The van der Waals surface area contributed by atoms with Crippen LogP contribution in [0.4, 0.5) is 24.8 Å². The molecule has 1 atom stereocenters. The van der Waals surface area contributed by atoms with Crippen molar-refractivity contribution in [1.82, 2.24) is 19.7 Å². The zero-order valence-electron chi connectivity index (χ0n) is 17.0. The molecule has 162 valence electrons. The molecule has 8 heteroatoms. The zero-order valence-corrected chi connectivity index (χ0v) is 17.0. The van der Waals surface area contributed by atoms with E-state index in [1.807, 2.05) is 36.4 Å². The van der Waals surface area contributed by atoms with Crippen molar-refractivity contribution < 1.29 is 13.2 Å². The molecule has 2 aromatic carbocycles. The van der Waals surface area contributed by atoms with Crippen molar-refractivity contribution in [1.29, 1.82) is 0 Å². The van der Waals surface area contributed by atoms with Crippen LogP contribution >= 0.6 is 0 Å². The monoisotopic (exact) mass is 435 g/mol. The van der Waals surface area contributed by atoms with Gasteiger partial charge in [0.25, 0.3) is 0 Å². The van der Waals surface area contributed by atoms with Crippen LogP contribution in [0.5, 0.6) is 0 Å². The van der Waals surface area contributed by atoms with Crippen molar-refractivity contribution in [3.05, 3.63) is 90.0 Å². The first-order valence-corrected chi connectivity index (χ1v) is 10.4. The molecule has 0 aliphatic carbocycles. The van der Waals surface area contributed by atoms with Gasteiger partial charge in [0.15, 0.2) is 0 Å². The van der Waals surface area contributed by atoms with Gasteiger partial charge in [0.05, 0.1) is 5.56 Å². The van der Waals surface area contributed by atoms with Crippen LogP contribution < -0.4 is 5.32 Å². The van der Waals surface area contributed by atoms with E-state index in [9.17, 15) is 13.2 Å². The minimum atomic E-state index is -4.41. The molecule has 0 fully saturated rings. The topological polar surface area (TPSA) is 55.6 Å². The maximum absolute atomic E-state index is 13.6. The molecule has 5 rings (SSSR count). The van der Waals surface area contributed by atoms with Crippen molar-refractivity contribution in [2.45, 2.75) is 31.5 Å². The predicted octanol–water partition coefficient (Wildman–Crippen LogP) is 6.03. The van der Waals surface area contributed by atoms with Gasteiger partial charge in [-0.15, -0.1) is 5.10 Å². The lowest BCUT2D eigenvalue weighted by Gasteiger charge is -2.25. The first kappa shape index (κ1) is 20.2. The first-order valence-electron chi connectivity index (χ1n) is 10.4. The van der Waals surface area contributed by atoms with E-state index in [0.717, 1.165) is 29.3 Å². The standard InChI is InChI=1S/C24H20F3N5/c25-24(26,27)21-8-2-1-6-19(21)20-7-4-14-32-22(20)30-23(31-32)29-18-11-9-16(10-12-18)17-5-3-13-28-15-17/h1-3,5-6,8-13,15,20H,4,7,14H2,(H,29,31). The van der Waals surface area contributed by atoms with Crippen LogP contribution in [-0.2, 0) is 12.7 Å². The maximum atomic E-state index is 13.6. The van der Waals surface area contributed by atoms with Crippen molar-refractivity contribution in [3.8, 4) is 11.1 Å².